The SMILES string of the molecule is CC1(c2ccccc2)c2ccccc2-c2c(N(c3ccccc3)c3ccccc3-c3cccc4cccc(C5CCCCC5)c34)cccc21. The van der Waals surface area contributed by atoms with Crippen LogP contribution in [0, 0.1) is 0 Å². The first kappa shape index (κ1) is 29.7. The molecule has 49 heavy (non-hydrogen) atoms. The van der Waals surface area contributed by atoms with Crippen molar-refractivity contribution in [3.05, 3.63) is 186 Å². The third-order valence-corrected chi connectivity index (χ3v) is 11.3. The van der Waals surface area contributed by atoms with Crippen LogP contribution in [0.4, 0.5) is 17.1 Å². The van der Waals surface area contributed by atoms with Crippen LogP contribution in [0.25, 0.3) is 33.0 Å². The Bertz CT molecular complexity index is 2270. The molecule has 0 saturated heterocycles. The summed E-state index contributed by atoms with van der Waals surface area (Å²) >= 11 is 0. The molecule has 9 rings (SSSR count). The van der Waals surface area contributed by atoms with Gasteiger partial charge in [-0.15, -0.1) is 0 Å². The molecule has 2 aliphatic rings. The van der Waals surface area contributed by atoms with Gasteiger partial charge in [-0.3, -0.25) is 0 Å². The highest BCUT2D eigenvalue weighted by Crippen LogP contribution is 2.57. The van der Waals surface area contributed by atoms with Crippen LogP contribution in [0.15, 0.2) is 164 Å². The van der Waals surface area contributed by atoms with Crippen molar-refractivity contribution in [2.24, 2.45) is 0 Å². The molecule has 1 nitrogen and oxygen atoms in total. The van der Waals surface area contributed by atoms with Gasteiger partial charge in [-0.05, 0) is 94.1 Å². The Morgan fingerprint density at radius 2 is 1.08 bits per heavy atom. The van der Waals surface area contributed by atoms with Gasteiger partial charge in [0, 0.05) is 22.2 Å². The van der Waals surface area contributed by atoms with Crippen molar-refractivity contribution in [3.63, 3.8) is 0 Å². The first-order chi connectivity index (χ1) is 24.2. The normalized spacial score (nSPS) is 17.1. The second-order valence-corrected chi connectivity index (χ2v) is 14.0. The topological polar surface area (TPSA) is 3.24 Å². The van der Waals surface area contributed by atoms with E-state index in [1.807, 2.05) is 0 Å². The first-order valence-electron chi connectivity index (χ1n) is 18.0. The summed E-state index contributed by atoms with van der Waals surface area (Å²) in [7, 11) is 0. The molecule has 238 valence electrons. The van der Waals surface area contributed by atoms with Gasteiger partial charge in [0.2, 0.25) is 0 Å². The van der Waals surface area contributed by atoms with Gasteiger partial charge in [-0.2, -0.15) is 0 Å². The minimum Gasteiger partial charge on any atom is -0.309 e. The lowest BCUT2D eigenvalue weighted by Gasteiger charge is -2.32. The maximum atomic E-state index is 2.52. The van der Waals surface area contributed by atoms with Crippen molar-refractivity contribution >= 4 is 27.8 Å². The molecule has 1 heteroatoms. The molecule has 0 spiro atoms. The van der Waals surface area contributed by atoms with Gasteiger partial charge in [0.1, 0.15) is 0 Å². The quantitative estimate of drug-likeness (QED) is 0.176. The van der Waals surface area contributed by atoms with E-state index < -0.39 is 0 Å². The summed E-state index contributed by atoms with van der Waals surface area (Å²) in [5.74, 6) is 0.612. The minimum atomic E-state index is -0.268. The summed E-state index contributed by atoms with van der Waals surface area (Å²) in [4.78, 5) is 2.52. The van der Waals surface area contributed by atoms with Crippen molar-refractivity contribution in [1.29, 1.82) is 0 Å². The Kier molecular flexibility index (Phi) is 7.42. The minimum absolute atomic E-state index is 0.268. The monoisotopic (exact) mass is 631 g/mol. The van der Waals surface area contributed by atoms with Gasteiger partial charge < -0.3 is 4.90 Å². The average Bonchev–Trinajstić information content (AvgIpc) is 3.45. The zero-order valence-corrected chi connectivity index (χ0v) is 28.1. The van der Waals surface area contributed by atoms with Gasteiger partial charge in [0.25, 0.3) is 0 Å². The smallest absolute Gasteiger partial charge is 0.0543 e. The molecule has 1 saturated carbocycles. The van der Waals surface area contributed by atoms with E-state index in [9.17, 15) is 0 Å². The number of rotatable bonds is 6. The molecule has 1 atom stereocenters. The summed E-state index contributed by atoms with van der Waals surface area (Å²) in [6.07, 6.45) is 6.56. The number of nitrogens with zero attached hydrogens (tertiary/aromatic N) is 1. The Morgan fingerprint density at radius 3 is 1.88 bits per heavy atom. The lowest BCUT2D eigenvalue weighted by Crippen LogP contribution is -2.22. The molecule has 0 N–H and O–H groups in total. The third kappa shape index (κ3) is 4.83. The van der Waals surface area contributed by atoms with Crippen LogP contribution in [-0.2, 0) is 5.41 Å². The maximum Gasteiger partial charge on any atom is 0.0543 e. The van der Waals surface area contributed by atoms with Gasteiger partial charge in [-0.1, -0.05) is 159 Å². The van der Waals surface area contributed by atoms with E-state index >= 15 is 0 Å². The molecule has 0 aromatic heterocycles. The van der Waals surface area contributed by atoms with Gasteiger partial charge in [0.05, 0.1) is 11.4 Å². The Hall–Kier alpha value is -5.40. The van der Waals surface area contributed by atoms with Crippen molar-refractivity contribution in [2.45, 2.75) is 50.4 Å². The van der Waals surface area contributed by atoms with E-state index in [1.54, 1.807) is 0 Å². The van der Waals surface area contributed by atoms with Crippen molar-refractivity contribution in [3.8, 4) is 22.3 Å². The van der Waals surface area contributed by atoms with Crippen LogP contribution in [0.2, 0.25) is 0 Å². The van der Waals surface area contributed by atoms with Crippen molar-refractivity contribution in [1.82, 2.24) is 0 Å². The predicted molar refractivity (Wildman–Crippen MR) is 207 cm³/mol. The summed E-state index contributed by atoms with van der Waals surface area (Å²) in [6.45, 7) is 2.40. The molecule has 0 radical (unpaired) electrons. The van der Waals surface area contributed by atoms with Crippen molar-refractivity contribution in [2.75, 3.05) is 4.90 Å². The summed E-state index contributed by atoms with van der Waals surface area (Å²) < 4.78 is 0. The van der Waals surface area contributed by atoms with E-state index in [4.69, 9.17) is 0 Å². The van der Waals surface area contributed by atoms with Crippen LogP contribution >= 0.6 is 0 Å². The summed E-state index contributed by atoms with van der Waals surface area (Å²) in [5, 5.41) is 2.74. The van der Waals surface area contributed by atoms with Crippen LogP contribution in [-0.4, -0.2) is 0 Å². The van der Waals surface area contributed by atoms with Crippen LogP contribution in [0.5, 0.6) is 0 Å². The molecule has 0 amide bonds. The van der Waals surface area contributed by atoms with Gasteiger partial charge in [-0.25, -0.2) is 0 Å². The highest BCUT2D eigenvalue weighted by molar-refractivity contribution is 6.05. The predicted octanol–water partition coefficient (Wildman–Crippen LogP) is 13.4. The van der Waals surface area contributed by atoms with Crippen LogP contribution < -0.4 is 4.90 Å². The molecule has 1 fully saturated rings. The lowest BCUT2D eigenvalue weighted by molar-refractivity contribution is 0.445. The Morgan fingerprint density at radius 1 is 0.490 bits per heavy atom. The van der Waals surface area contributed by atoms with Gasteiger partial charge in [0.15, 0.2) is 0 Å². The van der Waals surface area contributed by atoms with E-state index in [-0.39, 0.29) is 5.41 Å². The first-order valence-corrected chi connectivity index (χ1v) is 18.0. The molecule has 7 aromatic rings. The fraction of sp³-hybridized carbons (Fsp3) is 0.167. The Labute approximate surface area is 290 Å². The molecule has 0 bridgehead atoms. The zero-order valence-electron chi connectivity index (χ0n) is 28.1. The largest absolute Gasteiger partial charge is 0.309 e. The molecule has 0 aliphatic heterocycles. The van der Waals surface area contributed by atoms with E-state index in [0.29, 0.717) is 5.92 Å². The fourth-order valence-electron chi connectivity index (χ4n) is 9.02. The summed E-state index contributed by atoms with van der Waals surface area (Å²) in [5.41, 5.74) is 14.0. The third-order valence-electron chi connectivity index (χ3n) is 11.3. The second-order valence-electron chi connectivity index (χ2n) is 14.0. The average molecular weight is 632 g/mol. The molecule has 2 aliphatic carbocycles. The van der Waals surface area contributed by atoms with Gasteiger partial charge >= 0.3 is 0 Å². The standard InChI is InChI=1S/C48H41N/c1-48(36-22-7-3-8-23-36)42-30-13-11-27-41(42)47-43(48)31-17-33-45(47)49(37-24-9-4-10-25-37)44-32-14-12-26-39(44)40-29-16-21-35-20-15-28-38(46(35)40)34-18-5-2-6-19-34/h3-4,7-17,20-34H,2,5-6,18-19H2,1H3. The number of fused-ring (bicyclic) bond motifs is 4. The van der Waals surface area contributed by atoms with Crippen LogP contribution in [0.1, 0.15) is 67.2 Å². The number of benzene rings is 7. The van der Waals surface area contributed by atoms with E-state index in [0.717, 1.165) is 5.69 Å². The highest BCUT2D eigenvalue weighted by atomic mass is 15.1. The van der Waals surface area contributed by atoms with E-state index in [2.05, 4.69) is 176 Å². The van der Waals surface area contributed by atoms with E-state index in [1.165, 1.54) is 98.8 Å². The molecular formula is C48H41N. The number of hydrogen-bond donors (Lipinski definition) is 0. The molecule has 7 aromatic carbocycles. The zero-order chi connectivity index (χ0) is 32.8. The highest BCUT2D eigenvalue weighted by Gasteiger charge is 2.42. The fourth-order valence-corrected chi connectivity index (χ4v) is 9.02. The molecule has 0 heterocycles. The van der Waals surface area contributed by atoms with Crippen LogP contribution in [0.3, 0.4) is 0 Å². The maximum absolute atomic E-state index is 2.52. The molecule has 1 unspecified atom stereocenters. The number of para-hydroxylation sites is 2. The summed E-state index contributed by atoms with van der Waals surface area (Å²) in [6, 6.07) is 60.9. The Balaban J connectivity index is 1.31. The number of anilines is 3. The number of hydrogen-bond acceptors (Lipinski definition) is 1. The molecular weight excluding hydrogens is 591 g/mol. The van der Waals surface area contributed by atoms with Crippen molar-refractivity contribution < 1.29 is 0 Å². The second kappa shape index (κ2) is 12.2. The lowest BCUT2D eigenvalue weighted by atomic mass is 9.74.